The standard InChI is InChI=1S/C20H21N3O6/c1-3-28-20(27)23-16-6-4-5-14(11-16)19(26)29-12(2)18(25)22-15-9-7-13(8-10-15)17(21)24/h4-12H,3H2,1-2H3,(H2,21,24)(H,22,25)(H,23,27). The third-order valence-corrected chi connectivity index (χ3v) is 3.71. The van der Waals surface area contributed by atoms with Crippen molar-refractivity contribution in [2.45, 2.75) is 20.0 Å². The number of nitrogens with one attached hydrogen (secondary N) is 2. The van der Waals surface area contributed by atoms with Crippen LogP contribution in [0.15, 0.2) is 48.5 Å². The topological polar surface area (TPSA) is 137 Å². The van der Waals surface area contributed by atoms with Crippen molar-refractivity contribution in [3.63, 3.8) is 0 Å². The van der Waals surface area contributed by atoms with Gasteiger partial charge >= 0.3 is 12.1 Å². The summed E-state index contributed by atoms with van der Waals surface area (Å²) in [4.78, 5) is 47.1. The van der Waals surface area contributed by atoms with Crippen molar-refractivity contribution in [2.75, 3.05) is 17.2 Å². The lowest BCUT2D eigenvalue weighted by Gasteiger charge is -2.14. The maximum Gasteiger partial charge on any atom is 0.411 e. The van der Waals surface area contributed by atoms with E-state index in [0.29, 0.717) is 16.9 Å². The Hall–Kier alpha value is -3.88. The Kier molecular flexibility index (Phi) is 7.30. The first-order valence-electron chi connectivity index (χ1n) is 8.75. The van der Waals surface area contributed by atoms with Crippen LogP contribution in [0.4, 0.5) is 16.2 Å². The van der Waals surface area contributed by atoms with E-state index in [0.717, 1.165) is 0 Å². The minimum atomic E-state index is -1.08. The van der Waals surface area contributed by atoms with Crippen molar-refractivity contribution in [3.8, 4) is 0 Å². The molecule has 0 bridgehead atoms. The number of nitrogens with two attached hydrogens (primary N) is 1. The Morgan fingerprint density at radius 2 is 1.66 bits per heavy atom. The number of rotatable bonds is 7. The summed E-state index contributed by atoms with van der Waals surface area (Å²) in [5, 5.41) is 5.05. The third kappa shape index (κ3) is 6.35. The smallest absolute Gasteiger partial charge is 0.411 e. The average molecular weight is 399 g/mol. The number of hydrogen-bond acceptors (Lipinski definition) is 6. The van der Waals surface area contributed by atoms with E-state index in [4.69, 9.17) is 15.2 Å². The van der Waals surface area contributed by atoms with E-state index >= 15 is 0 Å². The summed E-state index contributed by atoms with van der Waals surface area (Å²) >= 11 is 0. The Bertz CT molecular complexity index is 911. The van der Waals surface area contributed by atoms with E-state index in [-0.39, 0.29) is 12.2 Å². The van der Waals surface area contributed by atoms with E-state index in [1.54, 1.807) is 19.1 Å². The second kappa shape index (κ2) is 9.88. The highest BCUT2D eigenvalue weighted by Crippen LogP contribution is 2.14. The Labute approximate surface area is 167 Å². The molecule has 9 nitrogen and oxygen atoms in total. The van der Waals surface area contributed by atoms with Gasteiger partial charge in [-0.15, -0.1) is 0 Å². The lowest BCUT2D eigenvalue weighted by Crippen LogP contribution is -2.30. The van der Waals surface area contributed by atoms with Gasteiger partial charge in [-0.1, -0.05) is 6.07 Å². The van der Waals surface area contributed by atoms with E-state index < -0.39 is 30.0 Å². The van der Waals surface area contributed by atoms with Crippen LogP contribution in [0.2, 0.25) is 0 Å². The van der Waals surface area contributed by atoms with Crippen molar-refractivity contribution < 1.29 is 28.7 Å². The molecule has 0 radical (unpaired) electrons. The van der Waals surface area contributed by atoms with Crippen LogP contribution in [0.25, 0.3) is 0 Å². The average Bonchev–Trinajstić information content (AvgIpc) is 2.68. The van der Waals surface area contributed by atoms with Gasteiger partial charge in [-0.2, -0.15) is 0 Å². The molecule has 0 aromatic heterocycles. The van der Waals surface area contributed by atoms with Crippen LogP contribution < -0.4 is 16.4 Å². The number of ether oxygens (including phenoxy) is 2. The maximum absolute atomic E-state index is 12.3. The Balaban J connectivity index is 1.96. The summed E-state index contributed by atoms with van der Waals surface area (Å²) < 4.78 is 9.95. The SMILES string of the molecule is CCOC(=O)Nc1cccc(C(=O)OC(C)C(=O)Nc2ccc(C(N)=O)cc2)c1. The molecule has 0 fully saturated rings. The molecule has 0 spiro atoms. The number of carbonyl (C=O) groups excluding carboxylic acids is 4. The summed E-state index contributed by atoms with van der Waals surface area (Å²) in [5.41, 5.74) is 6.39. The number of hydrogen-bond donors (Lipinski definition) is 3. The van der Waals surface area contributed by atoms with E-state index in [2.05, 4.69) is 10.6 Å². The molecule has 29 heavy (non-hydrogen) atoms. The molecule has 0 saturated heterocycles. The Morgan fingerprint density at radius 1 is 0.966 bits per heavy atom. The van der Waals surface area contributed by atoms with Crippen molar-refractivity contribution in [3.05, 3.63) is 59.7 Å². The molecule has 0 heterocycles. The molecule has 0 aliphatic rings. The molecule has 9 heteroatoms. The zero-order valence-corrected chi connectivity index (χ0v) is 15.9. The van der Waals surface area contributed by atoms with Gasteiger partial charge in [0, 0.05) is 16.9 Å². The van der Waals surface area contributed by atoms with Gasteiger partial charge in [0.05, 0.1) is 12.2 Å². The molecule has 3 amide bonds. The van der Waals surface area contributed by atoms with Gasteiger partial charge in [0.2, 0.25) is 5.91 Å². The summed E-state index contributed by atoms with van der Waals surface area (Å²) in [6.07, 6.45) is -1.73. The monoisotopic (exact) mass is 399 g/mol. The number of amides is 3. The minimum Gasteiger partial charge on any atom is -0.450 e. The third-order valence-electron chi connectivity index (χ3n) is 3.71. The van der Waals surface area contributed by atoms with Crippen LogP contribution in [0.1, 0.15) is 34.6 Å². The van der Waals surface area contributed by atoms with E-state index in [9.17, 15) is 19.2 Å². The van der Waals surface area contributed by atoms with Crippen LogP contribution in [0, 0.1) is 0 Å². The van der Waals surface area contributed by atoms with Gasteiger partial charge in [0.15, 0.2) is 6.10 Å². The molecular weight excluding hydrogens is 378 g/mol. The summed E-state index contributed by atoms with van der Waals surface area (Å²) in [7, 11) is 0. The van der Waals surface area contributed by atoms with Gasteiger partial charge in [0.25, 0.3) is 5.91 Å². The van der Waals surface area contributed by atoms with Crippen molar-refractivity contribution >= 4 is 35.3 Å². The molecule has 1 atom stereocenters. The highest BCUT2D eigenvalue weighted by molar-refractivity contribution is 5.98. The summed E-state index contributed by atoms with van der Waals surface area (Å²) in [6.45, 7) is 3.31. The molecular formula is C20H21N3O6. The first-order chi connectivity index (χ1) is 13.8. The predicted molar refractivity (Wildman–Crippen MR) is 106 cm³/mol. The van der Waals surface area contributed by atoms with Crippen molar-refractivity contribution in [2.24, 2.45) is 5.73 Å². The van der Waals surface area contributed by atoms with Gasteiger partial charge < -0.3 is 20.5 Å². The van der Waals surface area contributed by atoms with Gasteiger partial charge in [-0.3, -0.25) is 14.9 Å². The van der Waals surface area contributed by atoms with Crippen molar-refractivity contribution in [1.29, 1.82) is 0 Å². The van der Waals surface area contributed by atoms with Crippen LogP contribution >= 0.6 is 0 Å². The molecule has 1 unspecified atom stereocenters. The molecule has 152 valence electrons. The molecule has 2 aromatic rings. The second-order valence-electron chi connectivity index (χ2n) is 5.90. The summed E-state index contributed by atoms with van der Waals surface area (Å²) in [6, 6.07) is 12.0. The fraction of sp³-hybridized carbons (Fsp3) is 0.200. The highest BCUT2D eigenvalue weighted by Gasteiger charge is 2.19. The highest BCUT2D eigenvalue weighted by atomic mass is 16.6. The van der Waals surface area contributed by atoms with Crippen LogP contribution in [0.3, 0.4) is 0 Å². The van der Waals surface area contributed by atoms with E-state index in [1.807, 2.05) is 0 Å². The van der Waals surface area contributed by atoms with Crippen LogP contribution in [-0.2, 0) is 14.3 Å². The van der Waals surface area contributed by atoms with Crippen molar-refractivity contribution in [1.82, 2.24) is 0 Å². The van der Waals surface area contributed by atoms with Gasteiger partial charge in [0.1, 0.15) is 0 Å². The second-order valence-corrected chi connectivity index (χ2v) is 5.90. The quantitative estimate of drug-likeness (QED) is 0.612. The van der Waals surface area contributed by atoms with E-state index in [1.165, 1.54) is 43.3 Å². The zero-order chi connectivity index (χ0) is 21.4. The summed E-state index contributed by atoms with van der Waals surface area (Å²) in [5.74, 6) is -1.86. The predicted octanol–water partition coefficient (Wildman–Crippen LogP) is 2.54. The van der Waals surface area contributed by atoms with Gasteiger partial charge in [-0.05, 0) is 56.3 Å². The normalized spacial score (nSPS) is 11.1. The Morgan fingerprint density at radius 3 is 2.28 bits per heavy atom. The van der Waals surface area contributed by atoms with Crippen LogP contribution in [0.5, 0.6) is 0 Å². The largest absolute Gasteiger partial charge is 0.450 e. The number of anilines is 2. The molecule has 0 saturated carbocycles. The fourth-order valence-corrected chi connectivity index (χ4v) is 2.25. The molecule has 0 aliphatic carbocycles. The fourth-order valence-electron chi connectivity index (χ4n) is 2.25. The molecule has 4 N–H and O–H groups in total. The first-order valence-corrected chi connectivity index (χ1v) is 8.75. The molecule has 2 rings (SSSR count). The number of benzene rings is 2. The van der Waals surface area contributed by atoms with Gasteiger partial charge in [-0.25, -0.2) is 9.59 Å². The first kappa shape index (κ1) is 21.4. The number of carbonyl (C=O) groups is 4. The number of primary amides is 1. The maximum atomic E-state index is 12.3. The number of esters is 1. The lowest BCUT2D eigenvalue weighted by molar-refractivity contribution is -0.123. The molecule has 2 aromatic carbocycles. The lowest BCUT2D eigenvalue weighted by atomic mass is 10.2. The molecule has 0 aliphatic heterocycles. The minimum absolute atomic E-state index is 0.157. The zero-order valence-electron chi connectivity index (χ0n) is 15.9. The van der Waals surface area contributed by atoms with Crippen LogP contribution in [-0.4, -0.2) is 36.6 Å².